The van der Waals surface area contributed by atoms with Crippen LogP contribution in [0.1, 0.15) is 12.0 Å². The zero-order valence-electron chi connectivity index (χ0n) is 9.59. The molecule has 0 amide bonds. The molecule has 1 rings (SSSR count). The number of thiophene rings is 1. The van der Waals surface area contributed by atoms with Crippen molar-refractivity contribution < 1.29 is 17.9 Å². The largest absolute Gasteiger partial charge is 0.411 e. The van der Waals surface area contributed by atoms with Crippen LogP contribution in [0.3, 0.4) is 0 Å². The Morgan fingerprint density at radius 1 is 1.47 bits per heavy atom. The second-order valence-corrected chi connectivity index (χ2v) is 4.57. The number of likely N-dealkylation sites (N-methyl/N-ethyl adjacent to an activating group) is 1. The molecule has 0 radical (unpaired) electrons. The van der Waals surface area contributed by atoms with Crippen molar-refractivity contribution in [1.29, 1.82) is 0 Å². The lowest BCUT2D eigenvalue weighted by molar-refractivity contribution is -0.175. The summed E-state index contributed by atoms with van der Waals surface area (Å²) in [5.41, 5.74) is 1.21. The number of nitrogens with one attached hydrogen (secondary N) is 1. The van der Waals surface area contributed by atoms with E-state index in [1.54, 1.807) is 18.4 Å². The Labute approximate surface area is 103 Å². The van der Waals surface area contributed by atoms with E-state index in [-0.39, 0.29) is 12.6 Å². The first-order valence-corrected chi connectivity index (χ1v) is 6.28. The van der Waals surface area contributed by atoms with Gasteiger partial charge in [-0.1, -0.05) is 0 Å². The fourth-order valence-corrected chi connectivity index (χ4v) is 2.11. The van der Waals surface area contributed by atoms with Gasteiger partial charge in [0.2, 0.25) is 0 Å². The molecule has 0 aliphatic heterocycles. The summed E-state index contributed by atoms with van der Waals surface area (Å²) < 4.78 is 40.3. The Balaban J connectivity index is 2.20. The lowest BCUT2D eigenvalue weighted by Crippen LogP contribution is -2.32. The van der Waals surface area contributed by atoms with Gasteiger partial charge in [-0.05, 0) is 42.3 Å². The van der Waals surface area contributed by atoms with Crippen molar-refractivity contribution in [3.05, 3.63) is 22.4 Å². The van der Waals surface area contributed by atoms with E-state index in [1.165, 1.54) is 5.56 Å². The Morgan fingerprint density at radius 2 is 2.24 bits per heavy atom. The molecular formula is C11H16F3NOS. The van der Waals surface area contributed by atoms with Crippen molar-refractivity contribution in [1.82, 2.24) is 5.32 Å². The fourth-order valence-electron chi connectivity index (χ4n) is 1.40. The zero-order chi connectivity index (χ0) is 12.7. The molecule has 1 aromatic heterocycles. The molecule has 0 saturated carbocycles. The van der Waals surface area contributed by atoms with Gasteiger partial charge in [-0.2, -0.15) is 24.5 Å². The maximum atomic E-state index is 11.9. The summed E-state index contributed by atoms with van der Waals surface area (Å²) in [4.78, 5) is 0. The predicted molar refractivity (Wildman–Crippen MR) is 62.4 cm³/mol. The normalized spacial score (nSPS) is 13.9. The van der Waals surface area contributed by atoms with E-state index in [1.807, 2.05) is 16.8 Å². The van der Waals surface area contributed by atoms with E-state index in [0.29, 0.717) is 0 Å². The van der Waals surface area contributed by atoms with Gasteiger partial charge >= 0.3 is 6.18 Å². The van der Waals surface area contributed by atoms with Crippen molar-refractivity contribution in [2.75, 3.05) is 20.3 Å². The molecule has 0 aliphatic carbocycles. The molecule has 0 spiro atoms. The average Bonchev–Trinajstić information content (AvgIpc) is 2.74. The van der Waals surface area contributed by atoms with Crippen LogP contribution in [-0.4, -0.2) is 32.5 Å². The van der Waals surface area contributed by atoms with Gasteiger partial charge in [0.1, 0.15) is 6.61 Å². The Kier molecular flexibility index (Phi) is 5.94. The third-order valence-corrected chi connectivity index (χ3v) is 3.09. The molecular weight excluding hydrogens is 251 g/mol. The van der Waals surface area contributed by atoms with Gasteiger partial charge in [0, 0.05) is 6.04 Å². The van der Waals surface area contributed by atoms with E-state index in [9.17, 15) is 13.2 Å². The fraction of sp³-hybridized carbons (Fsp3) is 0.636. The highest BCUT2D eigenvalue weighted by Gasteiger charge is 2.27. The van der Waals surface area contributed by atoms with Gasteiger partial charge in [-0.15, -0.1) is 0 Å². The van der Waals surface area contributed by atoms with Crippen molar-refractivity contribution in [2.24, 2.45) is 0 Å². The van der Waals surface area contributed by atoms with Crippen LogP contribution in [0, 0.1) is 0 Å². The molecule has 1 N–H and O–H groups in total. The molecule has 98 valence electrons. The number of aryl methyl sites for hydroxylation is 1. The number of rotatable bonds is 7. The quantitative estimate of drug-likeness (QED) is 0.820. The molecule has 1 heterocycles. The monoisotopic (exact) mass is 267 g/mol. The molecule has 0 saturated heterocycles. The average molecular weight is 267 g/mol. The van der Waals surface area contributed by atoms with Gasteiger partial charge in [0.15, 0.2) is 0 Å². The minimum absolute atomic E-state index is 0.0442. The molecule has 0 aliphatic rings. The van der Waals surface area contributed by atoms with E-state index in [4.69, 9.17) is 0 Å². The van der Waals surface area contributed by atoms with Crippen molar-refractivity contribution in [2.45, 2.75) is 25.1 Å². The van der Waals surface area contributed by atoms with Crippen LogP contribution in [0.25, 0.3) is 0 Å². The van der Waals surface area contributed by atoms with E-state index in [0.717, 1.165) is 12.8 Å². The number of hydrogen-bond donors (Lipinski definition) is 1. The summed E-state index contributed by atoms with van der Waals surface area (Å²) in [5, 5.41) is 7.00. The van der Waals surface area contributed by atoms with Crippen LogP contribution >= 0.6 is 11.3 Å². The predicted octanol–water partition coefficient (Wildman–Crippen LogP) is 2.85. The summed E-state index contributed by atoms with van der Waals surface area (Å²) in [6, 6.07) is 1.98. The van der Waals surface area contributed by atoms with Gasteiger partial charge in [-0.25, -0.2) is 0 Å². The molecule has 0 aromatic carbocycles. The first-order chi connectivity index (χ1) is 8.01. The summed E-state index contributed by atoms with van der Waals surface area (Å²) in [6.45, 7) is -1.09. The second-order valence-electron chi connectivity index (χ2n) is 3.79. The number of halogens is 3. The lowest BCUT2D eigenvalue weighted by Gasteiger charge is -2.16. The van der Waals surface area contributed by atoms with Crippen molar-refractivity contribution in [3.8, 4) is 0 Å². The molecule has 6 heteroatoms. The summed E-state index contributed by atoms with van der Waals surface area (Å²) in [7, 11) is 1.73. The van der Waals surface area contributed by atoms with Crippen LogP contribution in [0.4, 0.5) is 13.2 Å². The molecule has 0 bridgehead atoms. The maximum Gasteiger partial charge on any atom is 0.411 e. The second kappa shape index (κ2) is 6.98. The van der Waals surface area contributed by atoms with Gasteiger partial charge in [0.05, 0.1) is 6.61 Å². The van der Waals surface area contributed by atoms with E-state index in [2.05, 4.69) is 10.1 Å². The molecule has 0 fully saturated rings. The first-order valence-electron chi connectivity index (χ1n) is 5.34. The van der Waals surface area contributed by atoms with Gasteiger partial charge < -0.3 is 10.1 Å². The number of ether oxygens (including phenoxy) is 1. The Morgan fingerprint density at radius 3 is 2.76 bits per heavy atom. The highest BCUT2D eigenvalue weighted by atomic mass is 32.1. The molecule has 17 heavy (non-hydrogen) atoms. The lowest BCUT2D eigenvalue weighted by atomic mass is 10.1. The number of alkyl halides is 3. The minimum Gasteiger partial charge on any atom is -0.370 e. The van der Waals surface area contributed by atoms with Crippen LogP contribution in [0.5, 0.6) is 0 Å². The van der Waals surface area contributed by atoms with Crippen LogP contribution in [-0.2, 0) is 11.2 Å². The highest BCUT2D eigenvalue weighted by Crippen LogP contribution is 2.15. The maximum absolute atomic E-state index is 11.9. The third-order valence-electron chi connectivity index (χ3n) is 2.35. The zero-order valence-corrected chi connectivity index (χ0v) is 10.4. The molecule has 2 nitrogen and oxygen atoms in total. The van der Waals surface area contributed by atoms with E-state index >= 15 is 0 Å². The highest BCUT2D eigenvalue weighted by molar-refractivity contribution is 7.07. The molecule has 1 aromatic rings. The summed E-state index contributed by atoms with van der Waals surface area (Å²) in [6.07, 6.45) is -2.62. The van der Waals surface area contributed by atoms with Gasteiger partial charge in [0.25, 0.3) is 0 Å². The smallest absolute Gasteiger partial charge is 0.370 e. The third kappa shape index (κ3) is 6.65. The standard InChI is InChI=1S/C11H16F3NOS/c1-15-10(6-16-8-11(12,13)14)3-2-9-4-5-17-7-9/h4-5,7,10,15H,2-3,6,8H2,1H3. The molecule has 1 atom stereocenters. The topological polar surface area (TPSA) is 21.3 Å². The summed E-state index contributed by atoms with van der Waals surface area (Å²) >= 11 is 1.62. The Hall–Kier alpha value is -0.590. The van der Waals surface area contributed by atoms with Crippen molar-refractivity contribution >= 4 is 11.3 Å². The first kappa shape index (κ1) is 14.5. The minimum atomic E-state index is -4.24. The van der Waals surface area contributed by atoms with Crippen LogP contribution < -0.4 is 5.32 Å². The molecule has 1 unspecified atom stereocenters. The summed E-state index contributed by atoms with van der Waals surface area (Å²) in [5.74, 6) is 0. The van der Waals surface area contributed by atoms with Crippen LogP contribution in [0.2, 0.25) is 0 Å². The van der Waals surface area contributed by atoms with Gasteiger partial charge in [-0.3, -0.25) is 0 Å². The Bertz CT molecular complexity index is 300. The van der Waals surface area contributed by atoms with E-state index < -0.39 is 12.8 Å². The SMILES string of the molecule is CNC(CCc1ccsc1)COCC(F)(F)F. The van der Waals surface area contributed by atoms with Crippen molar-refractivity contribution in [3.63, 3.8) is 0 Å². The van der Waals surface area contributed by atoms with Crippen LogP contribution in [0.15, 0.2) is 16.8 Å². The number of hydrogen-bond acceptors (Lipinski definition) is 3.